The summed E-state index contributed by atoms with van der Waals surface area (Å²) in [7, 11) is 0. The van der Waals surface area contributed by atoms with E-state index in [0.29, 0.717) is 25.9 Å². The van der Waals surface area contributed by atoms with Crippen LogP contribution >= 0.6 is 0 Å². The number of urea groups is 1. The highest BCUT2D eigenvalue weighted by Gasteiger charge is 2.32. The molecule has 0 aliphatic rings. The maximum absolute atomic E-state index is 13.2. The number of unbranched alkanes of at least 4 members (excludes halogenated alkanes) is 16. The van der Waals surface area contributed by atoms with Crippen LogP contribution in [-0.2, 0) is 33.6 Å². The Bertz CT molecular complexity index is 1290. The third-order valence-electron chi connectivity index (χ3n) is 9.64. The van der Waals surface area contributed by atoms with Crippen molar-refractivity contribution in [2.24, 2.45) is 11.5 Å². The maximum atomic E-state index is 13.2. The second-order valence-electron chi connectivity index (χ2n) is 15.6. The number of amides is 6. The van der Waals surface area contributed by atoms with Crippen molar-refractivity contribution in [2.45, 2.75) is 186 Å². The van der Waals surface area contributed by atoms with Crippen molar-refractivity contribution in [1.29, 1.82) is 0 Å². The fourth-order valence-corrected chi connectivity index (χ4v) is 6.10. The van der Waals surface area contributed by atoms with Crippen molar-refractivity contribution in [2.75, 3.05) is 39.5 Å². The van der Waals surface area contributed by atoms with Crippen molar-refractivity contribution < 1.29 is 69.0 Å². The molecule has 65 heavy (non-hydrogen) atoms. The topological polar surface area (TPSA) is 382 Å². The van der Waals surface area contributed by atoms with E-state index in [1.807, 2.05) is 0 Å². The number of nitrogens with two attached hydrogens (primary N) is 2. The Morgan fingerprint density at radius 2 is 0.723 bits per heavy atom. The molecule has 22 heteroatoms. The van der Waals surface area contributed by atoms with Gasteiger partial charge in [-0.3, -0.25) is 28.8 Å². The molecule has 380 valence electrons. The van der Waals surface area contributed by atoms with Crippen molar-refractivity contribution in [3.63, 3.8) is 0 Å². The lowest BCUT2D eigenvalue weighted by atomic mass is 10.0. The summed E-state index contributed by atoms with van der Waals surface area (Å²) in [6, 6.07) is -7.82. The molecule has 6 amide bonds. The normalized spacial score (nSPS) is 12.8. The van der Waals surface area contributed by atoms with Crippen LogP contribution in [0, 0.1) is 0 Å². The van der Waals surface area contributed by atoms with Gasteiger partial charge in [0.05, 0.1) is 19.8 Å². The van der Waals surface area contributed by atoms with Gasteiger partial charge in [-0.25, -0.2) is 9.59 Å². The minimum absolute atomic E-state index is 0.0289. The Labute approximate surface area is 384 Å². The van der Waals surface area contributed by atoms with E-state index in [1.165, 1.54) is 77.0 Å². The zero-order valence-corrected chi connectivity index (χ0v) is 39.1. The van der Waals surface area contributed by atoms with Crippen LogP contribution in [0.15, 0.2) is 0 Å². The predicted molar refractivity (Wildman–Crippen MR) is 244 cm³/mol. The summed E-state index contributed by atoms with van der Waals surface area (Å²) in [5.41, 5.74) is 11.1. The monoisotopic (exact) mass is 937 g/mol. The van der Waals surface area contributed by atoms with E-state index in [9.17, 15) is 44.1 Å². The summed E-state index contributed by atoms with van der Waals surface area (Å²) in [4.78, 5) is 93.9. The second-order valence-corrected chi connectivity index (χ2v) is 15.6. The highest BCUT2D eigenvalue weighted by atomic mass is 16.4. The number of rotatable bonds is 37. The molecule has 5 atom stereocenters. The number of carboxylic acids is 3. The largest absolute Gasteiger partial charge is 0.481 e. The van der Waals surface area contributed by atoms with Gasteiger partial charge in [0, 0.05) is 20.4 Å². The van der Waals surface area contributed by atoms with Crippen LogP contribution in [0.3, 0.4) is 0 Å². The number of aliphatic hydroxyl groups excluding tert-OH is 3. The van der Waals surface area contributed by atoms with E-state index >= 15 is 0 Å². The van der Waals surface area contributed by atoms with Gasteiger partial charge in [-0.05, 0) is 51.6 Å². The Hall–Kier alpha value is -4.64. The number of nitrogens with one attached hydrogen (secondary N) is 6. The molecular weight excluding hydrogens is 853 g/mol. The average Bonchev–Trinajstić information content (AvgIpc) is 3.25. The number of carbonyl (C=O) groups excluding carboxylic acids is 5. The Kier molecular flexibility index (Phi) is 44.3. The molecule has 0 heterocycles. The number of carbonyl (C=O) groups is 8. The van der Waals surface area contributed by atoms with Crippen LogP contribution in [-0.4, -0.2) is 148 Å². The van der Waals surface area contributed by atoms with Crippen LogP contribution in [0.1, 0.15) is 156 Å². The van der Waals surface area contributed by atoms with Gasteiger partial charge in [-0.15, -0.1) is 0 Å². The summed E-state index contributed by atoms with van der Waals surface area (Å²) < 4.78 is 0. The molecule has 0 aliphatic heterocycles. The number of hydrogen-bond donors (Lipinski definition) is 14. The van der Waals surface area contributed by atoms with E-state index in [2.05, 4.69) is 38.8 Å². The second kappa shape index (κ2) is 44.6. The van der Waals surface area contributed by atoms with Gasteiger partial charge < -0.3 is 74.0 Å². The summed E-state index contributed by atoms with van der Waals surface area (Å²) in [6.45, 7) is 2.59. The average molecular weight is 937 g/mol. The van der Waals surface area contributed by atoms with E-state index < -0.39 is 97.6 Å². The predicted octanol–water partition coefficient (Wildman–Crippen LogP) is 0.966. The third-order valence-corrected chi connectivity index (χ3v) is 9.64. The molecule has 0 saturated heterocycles. The van der Waals surface area contributed by atoms with Gasteiger partial charge in [0.2, 0.25) is 23.6 Å². The van der Waals surface area contributed by atoms with Crippen LogP contribution < -0.4 is 43.4 Å². The van der Waals surface area contributed by atoms with Gasteiger partial charge in [0.1, 0.15) is 30.2 Å². The van der Waals surface area contributed by atoms with Gasteiger partial charge in [0.25, 0.3) is 11.9 Å². The highest BCUT2D eigenvalue weighted by molar-refractivity contribution is 5.96. The number of hydrogen-bond acceptors (Lipinski definition) is 13. The molecule has 0 aromatic rings. The van der Waals surface area contributed by atoms with Crippen molar-refractivity contribution in [3.8, 4) is 0 Å². The first-order valence-electron chi connectivity index (χ1n) is 23.1. The quantitative estimate of drug-likeness (QED) is 0.0386. The number of carboxylic acid groups (broad SMARTS) is 3. The van der Waals surface area contributed by atoms with Crippen molar-refractivity contribution in [1.82, 2.24) is 31.9 Å². The van der Waals surface area contributed by atoms with Crippen molar-refractivity contribution in [3.05, 3.63) is 0 Å². The molecule has 16 N–H and O–H groups in total. The standard InChI is InChI=1S/C39H76N8O10.2C2H4O2/c1-2-3-4-5-6-7-8-9-10-11-12-13-14-15-16-19-25-42-39(57)47-30(21-17-18-23-40)35(52)44-32(27-49)37(54)45-31(26-48)36(53)43-29(22-20-24-41)34(51)46-33(28-50)38(55)56;2*1-2(3)4/h29-33,48-50H,2-28,40-41H2,1H3,(H,43,53)(H,44,52)(H,45,54)(H,46,51)(H,55,56)(H2,42,47,57);2*1H3,(H,3,4)/t29-,30-,31-,32-,33-;;/m0../s1. The SMILES string of the molecule is CC(=O)O.CC(=O)O.CCCCCCCCCCCCCCCCCCNC(=O)N[C@@H](CCCCN)C(=O)N[C@@H](CO)C(=O)N[C@@H](CO)C(=O)N[C@@H](CCCN)C(=O)N[C@@H](CO)C(=O)O. The van der Waals surface area contributed by atoms with Gasteiger partial charge >= 0.3 is 12.0 Å². The molecule has 0 aliphatic carbocycles. The third kappa shape index (κ3) is 40.6. The van der Waals surface area contributed by atoms with Crippen LogP contribution in [0.4, 0.5) is 4.79 Å². The van der Waals surface area contributed by atoms with Crippen LogP contribution in [0.2, 0.25) is 0 Å². The zero-order valence-electron chi connectivity index (χ0n) is 39.1. The first-order valence-corrected chi connectivity index (χ1v) is 23.1. The molecule has 0 aromatic carbocycles. The summed E-state index contributed by atoms with van der Waals surface area (Å²) in [5, 5.41) is 67.4. The minimum Gasteiger partial charge on any atom is -0.481 e. The van der Waals surface area contributed by atoms with E-state index in [1.54, 1.807) is 0 Å². The Morgan fingerprint density at radius 3 is 1.08 bits per heavy atom. The Morgan fingerprint density at radius 1 is 0.415 bits per heavy atom. The first-order chi connectivity index (χ1) is 30.9. The smallest absolute Gasteiger partial charge is 0.328 e. The maximum Gasteiger partial charge on any atom is 0.328 e. The zero-order chi connectivity index (χ0) is 49.8. The fourth-order valence-electron chi connectivity index (χ4n) is 6.10. The number of aliphatic hydroxyl groups is 3. The summed E-state index contributed by atoms with van der Waals surface area (Å²) >= 11 is 0. The molecule has 0 unspecified atom stereocenters. The molecule has 0 rings (SSSR count). The van der Waals surface area contributed by atoms with Crippen LogP contribution in [0.5, 0.6) is 0 Å². The molecule has 0 fully saturated rings. The van der Waals surface area contributed by atoms with E-state index in [0.717, 1.165) is 39.5 Å². The highest BCUT2D eigenvalue weighted by Crippen LogP contribution is 2.14. The van der Waals surface area contributed by atoms with Gasteiger partial charge in [-0.1, -0.05) is 103 Å². The lowest BCUT2D eigenvalue weighted by Crippen LogP contribution is -2.60. The molecule has 0 spiro atoms. The lowest BCUT2D eigenvalue weighted by Gasteiger charge is -2.25. The lowest BCUT2D eigenvalue weighted by molar-refractivity contribution is -0.143. The summed E-state index contributed by atoms with van der Waals surface area (Å²) in [6.07, 6.45) is 21.3. The molecule has 0 bridgehead atoms. The first kappa shape index (κ1) is 64.6. The van der Waals surface area contributed by atoms with Crippen molar-refractivity contribution >= 4 is 47.6 Å². The molecule has 0 aromatic heterocycles. The minimum atomic E-state index is -1.64. The Balaban J connectivity index is -0.00000440. The van der Waals surface area contributed by atoms with E-state index in [-0.39, 0.29) is 25.8 Å². The fraction of sp³-hybridized carbons (Fsp3) is 0.814. The van der Waals surface area contributed by atoms with E-state index in [4.69, 9.17) is 36.4 Å². The molecule has 0 radical (unpaired) electrons. The molecular formula is C43H84N8O14. The molecule has 0 saturated carbocycles. The summed E-state index contributed by atoms with van der Waals surface area (Å²) in [5.74, 6) is -6.94. The van der Waals surface area contributed by atoms with Gasteiger partial charge in [0.15, 0.2) is 0 Å². The molecule has 22 nitrogen and oxygen atoms in total. The van der Waals surface area contributed by atoms with Gasteiger partial charge in [-0.2, -0.15) is 0 Å². The van der Waals surface area contributed by atoms with Crippen LogP contribution in [0.25, 0.3) is 0 Å². The number of aliphatic carboxylic acids is 3.